The third-order valence-corrected chi connectivity index (χ3v) is 5.52. The van der Waals surface area contributed by atoms with Crippen LogP contribution in [-0.4, -0.2) is 37.6 Å². The molecule has 1 unspecified atom stereocenters. The van der Waals surface area contributed by atoms with Crippen LogP contribution in [0.1, 0.15) is 19.5 Å². The minimum atomic E-state index is -2.31. The fourth-order valence-electron chi connectivity index (χ4n) is 3.24. The molecule has 1 heterocycles. The maximum atomic E-state index is 12.4. The lowest BCUT2D eigenvalue weighted by Crippen LogP contribution is -2.32. The molecule has 30 heavy (non-hydrogen) atoms. The van der Waals surface area contributed by atoms with Crippen LogP contribution >= 0.6 is 0 Å². The second-order valence-electron chi connectivity index (χ2n) is 6.67. The van der Waals surface area contributed by atoms with Crippen molar-refractivity contribution in [3.63, 3.8) is 0 Å². The SMILES string of the molecule is CCN(CC)C(=O)Cc1cccc(N(c2ccc(-c3ccccc3)cc2)S(=O)O)n1. The number of hydrogen-bond acceptors (Lipinski definition) is 3. The maximum absolute atomic E-state index is 12.4. The molecule has 0 spiro atoms. The number of hydrogen-bond donors (Lipinski definition) is 1. The van der Waals surface area contributed by atoms with Crippen LogP contribution in [0, 0.1) is 0 Å². The highest BCUT2D eigenvalue weighted by molar-refractivity contribution is 7.81. The van der Waals surface area contributed by atoms with E-state index in [2.05, 4.69) is 4.98 Å². The molecular formula is C23H25N3O3S. The Morgan fingerprint density at radius 3 is 2.13 bits per heavy atom. The molecule has 0 bridgehead atoms. The molecule has 3 rings (SSSR count). The molecule has 1 N–H and O–H groups in total. The number of benzene rings is 2. The fraction of sp³-hybridized carbons (Fsp3) is 0.217. The zero-order chi connectivity index (χ0) is 21.5. The summed E-state index contributed by atoms with van der Waals surface area (Å²) in [6, 6.07) is 22.4. The Labute approximate surface area is 179 Å². The van der Waals surface area contributed by atoms with Crippen LogP contribution in [0.4, 0.5) is 11.5 Å². The zero-order valence-electron chi connectivity index (χ0n) is 17.1. The van der Waals surface area contributed by atoms with E-state index in [1.54, 1.807) is 35.2 Å². The fourth-order valence-corrected chi connectivity index (χ4v) is 3.81. The van der Waals surface area contributed by atoms with E-state index < -0.39 is 11.3 Å². The first kappa shape index (κ1) is 21.7. The molecule has 0 aliphatic heterocycles. The van der Waals surface area contributed by atoms with Crippen LogP contribution in [-0.2, 0) is 22.5 Å². The average molecular weight is 424 g/mol. The van der Waals surface area contributed by atoms with Crippen LogP contribution in [0.2, 0.25) is 0 Å². The maximum Gasteiger partial charge on any atom is 0.267 e. The van der Waals surface area contributed by atoms with Gasteiger partial charge >= 0.3 is 0 Å². The van der Waals surface area contributed by atoms with Crippen molar-refractivity contribution < 1.29 is 13.6 Å². The Kier molecular flexibility index (Phi) is 7.32. The van der Waals surface area contributed by atoms with Crippen molar-refractivity contribution in [2.75, 3.05) is 17.4 Å². The Bertz CT molecular complexity index is 1010. The first-order valence-electron chi connectivity index (χ1n) is 9.83. The first-order chi connectivity index (χ1) is 14.5. The van der Waals surface area contributed by atoms with Gasteiger partial charge < -0.3 is 4.90 Å². The van der Waals surface area contributed by atoms with E-state index in [0.717, 1.165) is 11.1 Å². The topological polar surface area (TPSA) is 73.7 Å². The first-order valence-corrected chi connectivity index (χ1v) is 10.9. The summed E-state index contributed by atoms with van der Waals surface area (Å²) in [5.74, 6) is 0.293. The summed E-state index contributed by atoms with van der Waals surface area (Å²) in [7, 11) is 0. The highest BCUT2D eigenvalue weighted by atomic mass is 32.2. The molecule has 1 aromatic heterocycles. The van der Waals surface area contributed by atoms with Crippen LogP contribution in [0.5, 0.6) is 0 Å². The van der Waals surface area contributed by atoms with Gasteiger partial charge in [-0.2, -0.15) is 0 Å². The van der Waals surface area contributed by atoms with Crippen molar-refractivity contribution >= 4 is 28.7 Å². The van der Waals surface area contributed by atoms with Gasteiger partial charge in [0.1, 0.15) is 5.82 Å². The van der Waals surface area contributed by atoms with E-state index >= 15 is 0 Å². The molecule has 156 valence electrons. The predicted octanol–water partition coefficient (Wildman–Crippen LogP) is 4.43. The normalized spacial score (nSPS) is 11.7. The zero-order valence-corrected chi connectivity index (χ0v) is 17.9. The van der Waals surface area contributed by atoms with Gasteiger partial charge in [0, 0.05) is 13.1 Å². The van der Waals surface area contributed by atoms with Gasteiger partial charge in [-0.05, 0) is 49.2 Å². The van der Waals surface area contributed by atoms with Gasteiger partial charge in [-0.3, -0.25) is 9.35 Å². The minimum absolute atomic E-state index is 0.0199. The second-order valence-corrected chi connectivity index (χ2v) is 7.49. The lowest BCUT2D eigenvalue weighted by molar-refractivity contribution is -0.130. The number of nitrogens with zero attached hydrogens (tertiary/aromatic N) is 3. The summed E-state index contributed by atoms with van der Waals surface area (Å²) in [4.78, 5) is 18.6. The van der Waals surface area contributed by atoms with Crippen molar-refractivity contribution in [1.29, 1.82) is 0 Å². The van der Waals surface area contributed by atoms with Crippen LogP contribution in [0.3, 0.4) is 0 Å². The molecule has 2 aromatic carbocycles. The summed E-state index contributed by atoms with van der Waals surface area (Å²) < 4.78 is 23.3. The van der Waals surface area contributed by atoms with Gasteiger partial charge in [0.15, 0.2) is 0 Å². The average Bonchev–Trinajstić information content (AvgIpc) is 2.76. The highest BCUT2D eigenvalue weighted by Crippen LogP contribution is 2.28. The van der Waals surface area contributed by atoms with E-state index in [9.17, 15) is 13.6 Å². The van der Waals surface area contributed by atoms with E-state index in [4.69, 9.17) is 0 Å². The van der Waals surface area contributed by atoms with Crippen molar-refractivity contribution in [2.45, 2.75) is 20.3 Å². The number of pyridine rings is 1. The van der Waals surface area contributed by atoms with E-state index in [1.807, 2.05) is 56.3 Å². The predicted molar refractivity (Wildman–Crippen MR) is 121 cm³/mol. The number of aromatic nitrogens is 1. The van der Waals surface area contributed by atoms with E-state index in [1.165, 1.54) is 4.31 Å². The van der Waals surface area contributed by atoms with Gasteiger partial charge in [0.25, 0.3) is 11.3 Å². The largest absolute Gasteiger partial charge is 0.343 e. The number of carbonyl (C=O) groups is 1. The Hall–Kier alpha value is -3.03. The van der Waals surface area contributed by atoms with Gasteiger partial charge in [-0.15, -0.1) is 0 Å². The van der Waals surface area contributed by atoms with Crippen molar-refractivity contribution in [3.8, 4) is 11.1 Å². The number of amides is 1. The molecule has 0 saturated carbocycles. The van der Waals surface area contributed by atoms with Gasteiger partial charge in [-0.25, -0.2) is 13.5 Å². The molecule has 1 atom stereocenters. The third kappa shape index (κ3) is 5.11. The van der Waals surface area contributed by atoms with Crippen LogP contribution in [0.15, 0.2) is 72.8 Å². The molecule has 0 saturated heterocycles. The van der Waals surface area contributed by atoms with Crippen LogP contribution in [0.25, 0.3) is 11.1 Å². The highest BCUT2D eigenvalue weighted by Gasteiger charge is 2.18. The van der Waals surface area contributed by atoms with Gasteiger partial charge in [0.05, 0.1) is 17.8 Å². The van der Waals surface area contributed by atoms with Crippen molar-refractivity contribution in [3.05, 3.63) is 78.5 Å². The lowest BCUT2D eigenvalue weighted by atomic mass is 10.1. The molecule has 7 heteroatoms. The summed E-state index contributed by atoms with van der Waals surface area (Å²) in [6.45, 7) is 5.13. The number of rotatable bonds is 8. The monoisotopic (exact) mass is 423 g/mol. The van der Waals surface area contributed by atoms with E-state index in [0.29, 0.717) is 30.3 Å². The summed E-state index contributed by atoms with van der Waals surface area (Å²) in [5, 5.41) is 0. The van der Waals surface area contributed by atoms with E-state index in [-0.39, 0.29) is 12.3 Å². The number of carbonyl (C=O) groups excluding carboxylic acids is 1. The number of likely N-dealkylation sites (N-methyl/N-ethyl adjacent to an activating group) is 1. The smallest absolute Gasteiger partial charge is 0.267 e. The summed E-state index contributed by atoms with van der Waals surface area (Å²) in [5.41, 5.74) is 3.17. The van der Waals surface area contributed by atoms with Crippen molar-refractivity contribution in [2.24, 2.45) is 0 Å². The molecule has 1 amide bonds. The molecule has 0 radical (unpaired) electrons. The standard InChI is InChI=1S/C23H25N3O3S/c1-3-25(4-2)23(27)17-20-11-8-12-22(24-20)26(30(28)29)21-15-13-19(14-16-21)18-9-6-5-7-10-18/h5-16H,3-4,17H2,1-2H3,(H,28,29). The molecule has 3 aromatic rings. The molecule has 0 fully saturated rings. The molecule has 0 aliphatic rings. The Morgan fingerprint density at radius 1 is 0.900 bits per heavy atom. The Balaban J connectivity index is 1.86. The summed E-state index contributed by atoms with van der Waals surface area (Å²) >= 11 is -2.31. The second kappa shape index (κ2) is 10.1. The van der Waals surface area contributed by atoms with Gasteiger partial charge in [-0.1, -0.05) is 48.5 Å². The lowest BCUT2D eigenvalue weighted by Gasteiger charge is -2.21. The molecule has 0 aliphatic carbocycles. The molecular weight excluding hydrogens is 398 g/mol. The number of anilines is 2. The quantitative estimate of drug-likeness (QED) is 0.544. The van der Waals surface area contributed by atoms with Crippen LogP contribution < -0.4 is 4.31 Å². The van der Waals surface area contributed by atoms with Crippen molar-refractivity contribution in [1.82, 2.24) is 9.88 Å². The molecule has 6 nitrogen and oxygen atoms in total. The Morgan fingerprint density at radius 2 is 1.53 bits per heavy atom. The third-order valence-electron chi connectivity index (χ3n) is 4.81. The minimum Gasteiger partial charge on any atom is -0.343 e. The van der Waals surface area contributed by atoms with Gasteiger partial charge in [0.2, 0.25) is 5.91 Å². The summed E-state index contributed by atoms with van der Waals surface area (Å²) in [6.07, 6.45) is 0.147.